The van der Waals surface area contributed by atoms with Gasteiger partial charge in [0.1, 0.15) is 0 Å². The van der Waals surface area contributed by atoms with E-state index in [9.17, 15) is 10.1 Å². The molecule has 0 saturated heterocycles. The monoisotopic (exact) mass is 278 g/mol. The fraction of sp³-hybridized carbons (Fsp3) is 0.600. The molecule has 2 atom stereocenters. The molecule has 1 fully saturated rings. The first-order valence-electron chi connectivity index (χ1n) is 7.29. The van der Waals surface area contributed by atoms with E-state index >= 15 is 0 Å². The van der Waals surface area contributed by atoms with Crippen LogP contribution in [0.5, 0.6) is 5.75 Å². The molecule has 1 aromatic rings. The zero-order valence-corrected chi connectivity index (χ0v) is 12.1. The SMILES string of the molecule is CCCOc1cc(NC2CCCC2C)ccc1[N+](=O)[O-]. The summed E-state index contributed by atoms with van der Waals surface area (Å²) in [6.07, 6.45) is 4.46. The fourth-order valence-corrected chi connectivity index (χ4v) is 2.66. The van der Waals surface area contributed by atoms with Gasteiger partial charge in [-0.25, -0.2) is 0 Å². The summed E-state index contributed by atoms with van der Waals surface area (Å²) < 4.78 is 5.50. The number of nitro benzene ring substituents is 1. The largest absolute Gasteiger partial charge is 0.487 e. The molecule has 0 spiro atoms. The maximum absolute atomic E-state index is 11.0. The molecule has 20 heavy (non-hydrogen) atoms. The molecule has 1 aromatic carbocycles. The van der Waals surface area contributed by atoms with Gasteiger partial charge in [0.2, 0.25) is 0 Å². The Kier molecular flexibility index (Phi) is 4.82. The van der Waals surface area contributed by atoms with Crippen molar-refractivity contribution in [2.75, 3.05) is 11.9 Å². The first-order valence-corrected chi connectivity index (χ1v) is 7.29. The van der Waals surface area contributed by atoms with Gasteiger partial charge < -0.3 is 10.1 Å². The van der Waals surface area contributed by atoms with Gasteiger partial charge in [0.05, 0.1) is 11.5 Å². The lowest BCUT2D eigenvalue weighted by Crippen LogP contribution is -2.21. The van der Waals surface area contributed by atoms with Crippen molar-refractivity contribution in [3.63, 3.8) is 0 Å². The van der Waals surface area contributed by atoms with E-state index in [-0.39, 0.29) is 5.69 Å². The summed E-state index contributed by atoms with van der Waals surface area (Å²) in [6, 6.07) is 5.49. The maximum atomic E-state index is 11.0. The standard InChI is InChI=1S/C15H22N2O3/c1-3-9-20-15-10-12(7-8-14(15)17(18)19)16-13-6-4-5-11(13)2/h7-8,10-11,13,16H,3-6,9H2,1-2H3. The predicted molar refractivity (Wildman–Crippen MR) is 79.3 cm³/mol. The summed E-state index contributed by atoms with van der Waals surface area (Å²) >= 11 is 0. The molecular weight excluding hydrogens is 256 g/mol. The third kappa shape index (κ3) is 3.40. The second-order valence-corrected chi connectivity index (χ2v) is 5.45. The predicted octanol–water partition coefficient (Wildman–Crippen LogP) is 3.98. The average molecular weight is 278 g/mol. The third-order valence-electron chi connectivity index (χ3n) is 3.83. The summed E-state index contributed by atoms with van der Waals surface area (Å²) in [5, 5.41) is 14.5. The number of anilines is 1. The molecule has 0 aromatic heterocycles. The summed E-state index contributed by atoms with van der Waals surface area (Å²) in [4.78, 5) is 10.6. The topological polar surface area (TPSA) is 64.4 Å². The number of benzene rings is 1. The van der Waals surface area contributed by atoms with E-state index in [1.54, 1.807) is 12.1 Å². The van der Waals surface area contributed by atoms with E-state index in [1.165, 1.54) is 18.9 Å². The first-order chi connectivity index (χ1) is 9.61. The molecule has 0 radical (unpaired) electrons. The fourth-order valence-electron chi connectivity index (χ4n) is 2.66. The zero-order valence-electron chi connectivity index (χ0n) is 12.1. The van der Waals surface area contributed by atoms with Crippen molar-refractivity contribution in [1.29, 1.82) is 0 Å². The van der Waals surface area contributed by atoms with Gasteiger partial charge in [0.15, 0.2) is 5.75 Å². The molecule has 0 aliphatic heterocycles. The van der Waals surface area contributed by atoms with Crippen LogP contribution in [0.25, 0.3) is 0 Å². The van der Waals surface area contributed by atoms with Gasteiger partial charge in [-0.2, -0.15) is 0 Å². The van der Waals surface area contributed by atoms with Gasteiger partial charge in [-0.1, -0.05) is 20.3 Å². The number of hydrogen-bond donors (Lipinski definition) is 1. The van der Waals surface area contributed by atoms with Crippen LogP contribution in [0.15, 0.2) is 18.2 Å². The molecule has 1 saturated carbocycles. The lowest BCUT2D eigenvalue weighted by atomic mass is 10.1. The van der Waals surface area contributed by atoms with Crippen molar-refractivity contribution in [3.8, 4) is 5.75 Å². The van der Waals surface area contributed by atoms with Gasteiger partial charge >= 0.3 is 5.69 Å². The van der Waals surface area contributed by atoms with Crippen LogP contribution in [0.1, 0.15) is 39.5 Å². The van der Waals surface area contributed by atoms with E-state index in [0.29, 0.717) is 24.3 Å². The van der Waals surface area contributed by atoms with E-state index in [2.05, 4.69) is 12.2 Å². The Morgan fingerprint density at radius 3 is 2.85 bits per heavy atom. The molecule has 2 unspecified atom stereocenters. The average Bonchev–Trinajstić information content (AvgIpc) is 2.82. The lowest BCUT2D eigenvalue weighted by molar-refractivity contribution is -0.385. The second kappa shape index (κ2) is 6.59. The van der Waals surface area contributed by atoms with Crippen LogP contribution in [0.3, 0.4) is 0 Å². The van der Waals surface area contributed by atoms with Gasteiger partial charge in [-0.15, -0.1) is 0 Å². The summed E-state index contributed by atoms with van der Waals surface area (Å²) in [5.74, 6) is 0.998. The molecule has 1 N–H and O–H groups in total. The molecule has 0 heterocycles. The van der Waals surface area contributed by atoms with Crippen LogP contribution >= 0.6 is 0 Å². The Balaban J connectivity index is 2.15. The van der Waals surface area contributed by atoms with Gasteiger partial charge in [-0.05, 0) is 31.2 Å². The van der Waals surface area contributed by atoms with Crippen molar-refractivity contribution in [2.45, 2.75) is 45.6 Å². The Morgan fingerprint density at radius 2 is 2.25 bits per heavy atom. The minimum atomic E-state index is -0.396. The molecule has 0 bridgehead atoms. The van der Waals surface area contributed by atoms with Crippen molar-refractivity contribution in [2.24, 2.45) is 5.92 Å². The molecule has 1 aliphatic rings. The number of nitrogens with zero attached hydrogens (tertiary/aromatic N) is 1. The van der Waals surface area contributed by atoms with Crippen molar-refractivity contribution in [3.05, 3.63) is 28.3 Å². The number of hydrogen-bond acceptors (Lipinski definition) is 4. The van der Waals surface area contributed by atoms with Crippen LogP contribution in [0, 0.1) is 16.0 Å². The molecule has 0 amide bonds. The molecule has 1 aliphatic carbocycles. The molecule has 5 nitrogen and oxygen atoms in total. The molecular formula is C15H22N2O3. The van der Waals surface area contributed by atoms with Crippen LogP contribution in [0.4, 0.5) is 11.4 Å². The third-order valence-corrected chi connectivity index (χ3v) is 3.83. The highest BCUT2D eigenvalue weighted by Crippen LogP contribution is 2.33. The van der Waals surface area contributed by atoms with Crippen molar-refractivity contribution >= 4 is 11.4 Å². The lowest BCUT2D eigenvalue weighted by Gasteiger charge is -2.19. The normalized spacial score (nSPS) is 21.7. The quantitative estimate of drug-likeness (QED) is 0.631. The van der Waals surface area contributed by atoms with Crippen LogP contribution < -0.4 is 10.1 Å². The minimum absolute atomic E-state index is 0.0310. The molecule has 110 valence electrons. The maximum Gasteiger partial charge on any atom is 0.311 e. The summed E-state index contributed by atoms with van der Waals surface area (Å²) in [7, 11) is 0. The number of rotatable bonds is 6. The van der Waals surface area contributed by atoms with Gasteiger partial charge in [-0.3, -0.25) is 10.1 Å². The summed E-state index contributed by atoms with van der Waals surface area (Å²) in [5.41, 5.74) is 0.934. The van der Waals surface area contributed by atoms with Gasteiger partial charge in [0.25, 0.3) is 0 Å². The van der Waals surface area contributed by atoms with E-state index in [0.717, 1.165) is 18.5 Å². The Labute approximate surface area is 119 Å². The minimum Gasteiger partial charge on any atom is -0.487 e. The number of ether oxygens (including phenoxy) is 1. The van der Waals surface area contributed by atoms with Crippen LogP contribution in [-0.2, 0) is 0 Å². The van der Waals surface area contributed by atoms with E-state index < -0.39 is 4.92 Å². The van der Waals surface area contributed by atoms with E-state index in [1.807, 2.05) is 6.92 Å². The van der Waals surface area contributed by atoms with Crippen LogP contribution in [-0.4, -0.2) is 17.6 Å². The second-order valence-electron chi connectivity index (χ2n) is 5.45. The first kappa shape index (κ1) is 14.6. The molecule has 2 rings (SSSR count). The zero-order chi connectivity index (χ0) is 14.5. The highest BCUT2D eigenvalue weighted by Gasteiger charge is 2.24. The van der Waals surface area contributed by atoms with E-state index in [4.69, 9.17) is 4.74 Å². The highest BCUT2D eigenvalue weighted by atomic mass is 16.6. The Hall–Kier alpha value is -1.78. The van der Waals surface area contributed by atoms with Crippen LogP contribution in [0.2, 0.25) is 0 Å². The van der Waals surface area contributed by atoms with Crippen molar-refractivity contribution in [1.82, 2.24) is 0 Å². The van der Waals surface area contributed by atoms with Gasteiger partial charge in [0, 0.05) is 23.9 Å². The Morgan fingerprint density at radius 1 is 1.45 bits per heavy atom. The smallest absolute Gasteiger partial charge is 0.311 e. The number of nitrogens with one attached hydrogen (secondary N) is 1. The van der Waals surface area contributed by atoms with Crippen molar-refractivity contribution < 1.29 is 9.66 Å². The number of nitro groups is 1. The summed E-state index contributed by atoms with van der Waals surface area (Å²) in [6.45, 7) is 4.71. The molecule has 5 heteroatoms. The Bertz CT molecular complexity index is 476. The highest BCUT2D eigenvalue weighted by molar-refractivity contribution is 5.58.